The third-order valence-electron chi connectivity index (χ3n) is 9.69. The molecule has 4 aromatic rings. The van der Waals surface area contributed by atoms with E-state index in [1.165, 1.54) is 17.8 Å². The number of nitrogens with two attached hydrogens (primary N) is 1. The second kappa shape index (κ2) is 17.5. The Morgan fingerprint density at radius 1 is 1.07 bits per heavy atom. The largest absolute Gasteiger partial charge is 0.543 e. The first-order valence-corrected chi connectivity index (χ1v) is 19.4. The molecule has 3 aromatic carbocycles. The number of aromatic nitrogens is 2. The van der Waals surface area contributed by atoms with Crippen LogP contribution in [0.2, 0.25) is 0 Å². The highest BCUT2D eigenvalue weighted by Gasteiger charge is 2.53. The molecule has 0 unspecified atom stereocenters. The molecule has 2 aliphatic rings. The number of nitrogens with one attached hydrogen (secondary N) is 2. The number of amides is 3. The van der Waals surface area contributed by atoms with Crippen LogP contribution in [-0.4, -0.2) is 111 Å². The number of alkyl halides is 1. The number of rotatable bonds is 17. The number of fused-ring (bicyclic) bond motifs is 1. The van der Waals surface area contributed by atoms with Crippen LogP contribution in [0.1, 0.15) is 22.5 Å². The second-order valence-electron chi connectivity index (χ2n) is 13.6. The van der Waals surface area contributed by atoms with Gasteiger partial charge in [0.25, 0.3) is 24.6 Å². The molecule has 296 valence electrons. The first-order chi connectivity index (χ1) is 27.4. The molecule has 57 heavy (non-hydrogen) atoms. The van der Waals surface area contributed by atoms with Crippen molar-refractivity contribution in [1.82, 2.24) is 19.6 Å². The zero-order valence-corrected chi connectivity index (χ0v) is 32.4. The van der Waals surface area contributed by atoms with Crippen molar-refractivity contribution < 1.29 is 43.1 Å². The lowest BCUT2D eigenvalue weighted by Gasteiger charge is -2.50. The summed E-state index contributed by atoms with van der Waals surface area (Å²) in [6, 6.07) is 27.1. The van der Waals surface area contributed by atoms with Gasteiger partial charge in [0.05, 0.1) is 32.3 Å². The van der Waals surface area contributed by atoms with Crippen LogP contribution in [-0.2, 0) is 29.6 Å². The number of oxime groups is 1. The van der Waals surface area contributed by atoms with E-state index < -0.39 is 65.9 Å². The van der Waals surface area contributed by atoms with Gasteiger partial charge in [0.2, 0.25) is 16.7 Å². The Labute approximate surface area is 335 Å². The number of hydrogen-bond donors (Lipinski definition) is 4. The normalized spacial score (nSPS) is 17.8. The van der Waals surface area contributed by atoms with Crippen molar-refractivity contribution in [1.29, 1.82) is 0 Å². The monoisotopic (exact) mass is 814 g/mol. The summed E-state index contributed by atoms with van der Waals surface area (Å²) in [7, 11) is 3.37. The number of anilines is 1. The molecule has 6 rings (SSSR count). The van der Waals surface area contributed by atoms with Gasteiger partial charge >= 0.3 is 0 Å². The standard InChI is InChI=1S/C39H39FN8O7S2/c1-48(2,28(21-49)32(41)50)20-12-13-24-22-56-36-30(35(52)47(36)31(24)37(53)54)42-34(51)29(45-55-23-40)33-43-38(57-46-33)44-39(25-14-6-3-7-15-25,26-16-8-4-9-17-26)27-18-10-5-11-19-27/h3-19,28,30,36,49H,20-23H2,1-2H3,(H4-,41,42,43,44,46,50,51,53,54)/b13-12+,45-29-/t28-,30-,36+/m1/s1. The van der Waals surface area contributed by atoms with Crippen LogP contribution in [0.25, 0.3) is 0 Å². The van der Waals surface area contributed by atoms with Crippen molar-refractivity contribution in [3.05, 3.63) is 137 Å². The number of aliphatic hydroxyl groups excluding tert-OH is 1. The summed E-state index contributed by atoms with van der Waals surface area (Å²) >= 11 is 2.13. The van der Waals surface area contributed by atoms with Gasteiger partial charge in [-0.1, -0.05) is 102 Å². The van der Waals surface area contributed by atoms with Gasteiger partial charge in [-0.05, 0) is 28.3 Å². The fourth-order valence-corrected chi connectivity index (χ4v) is 8.75. The molecule has 3 heterocycles. The summed E-state index contributed by atoms with van der Waals surface area (Å²) in [5.74, 6) is -4.05. The number of carboxylic acids is 1. The smallest absolute Gasteiger partial charge is 0.278 e. The molecule has 18 heteroatoms. The van der Waals surface area contributed by atoms with E-state index in [1.807, 2.05) is 91.0 Å². The van der Waals surface area contributed by atoms with Gasteiger partial charge in [0.15, 0.2) is 6.04 Å². The van der Waals surface area contributed by atoms with Gasteiger partial charge in [0.1, 0.15) is 23.6 Å². The van der Waals surface area contributed by atoms with Crippen LogP contribution in [0.4, 0.5) is 9.52 Å². The number of halogens is 1. The first-order valence-electron chi connectivity index (χ1n) is 17.6. The number of β-lactam (4-membered cyclic amide) rings is 1. The summed E-state index contributed by atoms with van der Waals surface area (Å²) in [5.41, 5.74) is 6.50. The predicted octanol–water partition coefficient (Wildman–Crippen LogP) is 1.47. The van der Waals surface area contributed by atoms with Crippen molar-refractivity contribution >= 4 is 57.8 Å². The van der Waals surface area contributed by atoms with E-state index in [2.05, 4.69) is 30.0 Å². The van der Waals surface area contributed by atoms with E-state index in [4.69, 9.17) is 5.73 Å². The molecule has 0 spiro atoms. The van der Waals surface area contributed by atoms with Gasteiger partial charge < -0.3 is 40.7 Å². The highest BCUT2D eigenvalue weighted by Crippen LogP contribution is 2.42. The molecular weight excluding hydrogens is 776 g/mol. The number of aliphatic carboxylic acids is 1. The summed E-state index contributed by atoms with van der Waals surface area (Å²) in [4.78, 5) is 61.6. The molecule has 0 saturated carbocycles. The molecule has 0 bridgehead atoms. The third-order valence-corrected chi connectivity index (χ3v) is 11.6. The van der Waals surface area contributed by atoms with E-state index in [1.54, 1.807) is 20.2 Å². The van der Waals surface area contributed by atoms with Crippen LogP contribution in [0.3, 0.4) is 0 Å². The predicted molar refractivity (Wildman–Crippen MR) is 210 cm³/mol. The molecule has 1 fully saturated rings. The van der Waals surface area contributed by atoms with Crippen LogP contribution in [0.15, 0.2) is 120 Å². The minimum Gasteiger partial charge on any atom is -0.543 e. The Hall–Kier alpha value is -5.95. The quantitative estimate of drug-likeness (QED) is 0.0394. The SMILES string of the molecule is C[N+](C)(C/C=C/C1=C(C(=O)[O-])N2C(=O)[C@@H](NC(=O)/C(=N\OCF)c3nsc(NC(c4ccccc4)(c4ccccc4)c4ccccc4)n3)[C@@H]2SC1)[C@H](CO)C(N)=O. The number of carboxylic acid groups (broad SMARTS) is 1. The molecule has 5 N–H and O–H groups in total. The number of hydrogen-bond acceptors (Lipinski definition) is 13. The number of nitrogens with zero attached hydrogens (tertiary/aromatic N) is 5. The number of likely N-dealkylation sites (N-methyl/N-ethyl adjacent to an activating group) is 1. The Morgan fingerprint density at radius 2 is 1.65 bits per heavy atom. The van der Waals surface area contributed by atoms with Crippen molar-refractivity contribution in [2.75, 3.05) is 45.2 Å². The lowest BCUT2D eigenvalue weighted by atomic mass is 9.77. The number of carbonyl (C=O) groups is 4. The highest BCUT2D eigenvalue weighted by atomic mass is 32.2. The fourth-order valence-electron chi connectivity index (χ4n) is 6.80. The average molecular weight is 815 g/mol. The highest BCUT2D eigenvalue weighted by molar-refractivity contribution is 8.00. The molecule has 15 nitrogen and oxygen atoms in total. The van der Waals surface area contributed by atoms with Crippen molar-refractivity contribution in [2.24, 2.45) is 10.9 Å². The summed E-state index contributed by atoms with van der Waals surface area (Å²) in [6.07, 6.45) is 3.14. The molecule has 1 aromatic heterocycles. The second-order valence-corrected chi connectivity index (χ2v) is 15.4. The van der Waals surface area contributed by atoms with E-state index in [0.29, 0.717) is 0 Å². The molecule has 2 aliphatic heterocycles. The number of allylic oxidation sites excluding steroid dienone is 1. The summed E-state index contributed by atoms with van der Waals surface area (Å²) in [5, 5.41) is 31.2. The van der Waals surface area contributed by atoms with Gasteiger partial charge in [0, 0.05) is 17.3 Å². The minimum atomic E-state index is -1.60. The van der Waals surface area contributed by atoms with Crippen molar-refractivity contribution in [3.63, 3.8) is 0 Å². The van der Waals surface area contributed by atoms with Crippen LogP contribution < -0.4 is 21.5 Å². The van der Waals surface area contributed by atoms with Crippen molar-refractivity contribution in [2.45, 2.75) is 23.0 Å². The van der Waals surface area contributed by atoms with Gasteiger partial charge in [-0.25, -0.2) is 4.39 Å². The fraction of sp³-hybridized carbons (Fsp3) is 0.256. The number of benzene rings is 3. The van der Waals surface area contributed by atoms with Crippen molar-refractivity contribution in [3.8, 4) is 0 Å². The third kappa shape index (κ3) is 8.29. The maximum Gasteiger partial charge on any atom is 0.278 e. The van der Waals surface area contributed by atoms with Gasteiger partial charge in [-0.2, -0.15) is 9.36 Å². The topological polar surface area (TPSA) is 212 Å². The van der Waals surface area contributed by atoms with Crippen LogP contribution in [0, 0.1) is 0 Å². The zero-order chi connectivity index (χ0) is 40.7. The minimum absolute atomic E-state index is 0.00184. The number of quaternary nitrogens is 1. The number of aliphatic hydroxyl groups is 1. The maximum atomic E-state index is 13.8. The van der Waals surface area contributed by atoms with Gasteiger partial charge in [-0.15, -0.1) is 11.8 Å². The molecule has 0 radical (unpaired) electrons. The Kier molecular flexibility index (Phi) is 12.5. The maximum absolute atomic E-state index is 13.8. The van der Waals surface area contributed by atoms with E-state index in [-0.39, 0.29) is 39.0 Å². The number of carbonyl (C=O) groups excluding carboxylic acids is 4. The molecule has 0 aliphatic carbocycles. The molecular formula is C39H39FN8O7S2. The number of thioether (sulfide) groups is 1. The summed E-state index contributed by atoms with van der Waals surface area (Å²) < 4.78 is 17.6. The summed E-state index contributed by atoms with van der Waals surface area (Å²) in [6.45, 7) is -1.64. The lowest BCUT2D eigenvalue weighted by Crippen LogP contribution is -2.71. The zero-order valence-electron chi connectivity index (χ0n) is 30.8. The van der Waals surface area contributed by atoms with Crippen LogP contribution in [0.5, 0.6) is 0 Å². The van der Waals surface area contributed by atoms with E-state index in [9.17, 15) is 33.8 Å². The Bertz CT molecular complexity index is 2110. The van der Waals surface area contributed by atoms with E-state index in [0.717, 1.165) is 33.1 Å². The first kappa shape index (κ1) is 40.7. The Balaban J connectivity index is 1.24. The molecule has 3 atom stereocenters. The van der Waals surface area contributed by atoms with Crippen LogP contribution >= 0.6 is 23.3 Å². The van der Waals surface area contributed by atoms with E-state index >= 15 is 0 Å². The van der Waals surface area contributed by atoms with Gasteiger partial charge in [-0.3, -0.25) is 19.3 Å². The molecule has 3 amide bonds. The lowest BCUT2D eigenvalue weighted by molar-refractivity contribution is -0.900. The Morgan fingerprint density at radius 3 is 2.16 bits per heavy atom. The number of primary amides is 1. The molecule has 1 saturated heterocycles. The average Bonchev–Trinajstić information content (AvgIpc) is 3.67.